The maximum atomic E-state index is 12.0. The fourth-order valence-corrected chi connectivity index (χ4v) is 4.62. The second kappa shape index (κ2) is 3.58. The van der Waals surface area contributed by atoms with Gasteiger partial charge in [-0.1, -0.05) is 11.6 Å². The molecule has 3 fully saturated rings. The molecule has 3 heteroatoms. The molecule has 0 heterocycles. The van der Waals surface area contributed by atoms with Crippen LogP contribution in [0.4, 0.5) is 0 Å². The SMILES string of the molecule is CC(Cl)=C1C2CCC1[C@@H]1C(=O)CC[C@H](O)[C@@H]21. The summed E-state index contributed by atoms with van der Waals surface area (Å²) in [6, 6.07) is 0. The smallest absolute Gasteiger partial charge is 0.137 e. The van der Waals surface area contributed by atoms with E-state index < -0.39 is 0 Å². The average Bonchev–Trinajstić information content (AvgIpc) is 2.79. The van der Waals surface area contributed by atoms with Gasteiger partial charge in [0.1, 0.15) is 5.78 Å². The maximum absolute atomic E-state index is 12.0. The van der Waals surface area contributed by atoms with E-state index in [1.807, 2.05) is 6.92 Å². The molecule has 0 saturated heterocycles. The normalized spacial score (nSPS) is 49.4. The lowest BCUT2D eigenvalue weighted by molar-refractivity contribution is -0.133. The van der Waals surface area contributed by atoms with Gasteiger partial charge in [-0.25, -0.2) is 0 Å². The Morgan fingerprint density at radius 3 is 2.62 bits per heavy atom. The van der Waals surface area contributed by atoms with Crippen molar-refractivity contribution in [1.29, 1.82) is 0 Å². The van der Waals surface area contributed by atoms with Crippen molar-refractivity contribution in [2.45, 2.75) is 38.7 Å². The van der Waals surface area contributed by atoms with E-state index in [1.54, 1.807) is 0 Å². The Morgan fingerprint density at radius 2 is 2.00 bits per heavy atom. The molecule has 0 aromatic carbocycles. The third-order valence-electron chi connectivity index (χ3n) is 4.80. The number of rotatable bonds is 0. The average molecular weight is 241 g/mol. The zero-order chi connectivity index (χ0) is 11.4. The van der Waals surface area contributed by atoms with Gasteiger partial charge in [0.05, 0.1) is 6.10 Å². The maximum Gasteiger partial charge on any atom is 0.137 e. The summed E-state index contributed by atoms with van der Waals surface area (Å²) in [7, 11) is 0. The van der Waals surface area contributed by atoms with Gasteiger partial charge in [0.2, 0.25) is 0 Å². The van der Waals surface area contributed by atoms with Crippen molar-refractivity contribution >= 4 is 17.4 Å². The molecule has 3 saturated carbocycles. The van der Waals surface area contributed by atoms with Gasteiger partial charge >= 0.3 is 0 Å². The molecule has 2 unspecified atom stereocenters. The standard InChI is InChI=1S/C13H17ClO2/c1-6(14)11-7-2-3-8(11)13-10(16)5-4-9(15)12(7)13/h7-9,12-13,15H,2-5H2,1H3/t7?,8?,9-,12+,13+/m0/s1. The van der Waals surface area contributed by atoms with Crippen LogP contribution >= 0.6 is 11.6 Å². The van der Waals surface area contributed by atoms with Crippen LogP contribution in [0.2, 0.25) is 0 Å². The van der Waals surface area contributed by atoms with Crippen LogP contribution in [0.1, 0.15) is 32.6 Å². The van der Waals surface area contributed by atoms with Crippen molar-refractivity contribution in [3.63, 3.8) is 0 Å². The number of allylic oxidation sites excluding steroid dienone is 2. The molecule has 2 bridgehead atoms. The first-order valence-electron chi connectivity index (χ1n) is 6.18. The summed E-state index contributed by atoms with van der Waals surface area (Å²) in [4.78, 5) is 12.0. The lowest BCUT2D eigenvalue weighted by Gasteiger charge is -2.36. The number of ketones is 1. The number of hydrogen-bond donors (Lipinski definition) is 1. The van der Waals surface area contributed by atoms with Gasteiger partial charge in [0.25, 0.3) is 0 Å². The molecule has 3 aliphatic carbocycles. The molecule has 88 valence electrons. The molecular formula is C13H17ClO2. The highest BCUT2D eigenvalue weighted by Gasteiger charge is 2.57. The summed E-state index contributed by atoms with van der Waals surface area (Å²) < 4.78 is 0. The van der Waals surface area contributed by atoms with E-state index >= 15 is 0 Å². The van der Waals surface area contributed by atoms with E-state index in [-0.39, 0.29) is 17.9 Å². The number of Topliss-reactive ketones (excluding diaryl/α,β-unsaturated/α-hetero) is 1. The van der Waals surface area contributed by atoms with Crippen LogP contribution in [0.25, 0.3) is 0 Å². The molecule has 0 amide bonds. The second-order valence-corrected chi connectivity index (χ2v) is 6.02. The van der Waals surface area contributed by atoms with Crippen LogP contribution in [0.3, 0.4) is 0 Å². The summed E-state index contributed by atoms with van der Waals surface area (Å²) in [5, 5.41) is 11.0. The Kier molecular flexibility index (Phi) is 2.41. The minimum absolute atomic E-state index is 0.0752. The van der Waals surface area contributed by atoms with Crippen LogP contribution in [-0.2, 0) is 4.79 Å². The number of aliphatic hydroxyl groups is 1. The molecule has 0 aromatic heterocycles. The van der Waals surface area contributed by atoms with Gasteiger partial charge in [-0.05, 0) is 43.6 Å². The minimum Gasteiger partial charge on any atom is -0.393 e. The molecule has 5 atom stereocenters. The number of halogens is 1. The largest absolute Gasteiger partial charge is 0.393 e. The lowest BCUT2D eigenvalue weighted by Crippen LogP contribution is -2.41. The van der Waals surface area contributed by atoms with Gasteiger partial charge < -0.3 is 5.11 Å². The van der Waals surface area contributed by atoms with E-state index in [0.717, 1.165) is 17.9 Å². The van der Waals surface area contributed by atoms with E-state index in [2.05, 4.69) is 0 Å². The van der Waals surface area contributed by atoms with Crippen molar-refractivity contribution in [3.8, 4) is 0 Å². The molecule has 16 heavy (non-hydrogen) atoms. The molecular weight excluding hydrogens is 224 g/mol. The zero-order valence-electron chi connectivity index (χ0n) is 9.45. The fraction of sp³-hybridized carbons (Fsp3) is 0.769. The molecule has 3 aliphatic rings. The molecule has 1 N–H and O–H groups in total. The molecule has 3 rings (SSSR count). The van der Waals surface area contributed by atoms with E-state index in [0.29, 0.717) is 30.5 Å². The predicted molar refractivity (Wildman–Crippen MR) is 62.0 cm³/mol. The van der Waals surface area contributed by atoms with Crippen molar-refractivity contribution in [1.82, 2.24) is 0 Å². The third kappa shape index (κ3) is 1.26. The van der Waals surface area contributed by atoms with Crippen LogP contribution in [0.15, 0.2) is 10.6 Å². The first-order valence-corrected chi connectivity index (χ1v) is 6.56. The molecule has 0 radical (unpaired) electrons. The van der Waals surface area contributed by atoms with Crippen molar-refractivity contribution in [3.05, 3.63) is 10.6 Å². The third-order valence-corrected chi connectivity index (χ3v) is 5.02. The second-order valence-electron chi connectivity index (χ2n) is 5.45. The highest BCUT2D eigenvalue weighted by molar-refractivity contribution is 6.29. The topological polar surface area (TPSA) is 37.3 Å². The highest BCUT2D eigenvalue weighted by atomic mass is 35.5. The lowest BCUT2D eigenvalue weighted by atomic mass is 9.69. The highest BCUT2D eigenvalue weighted by Crippen LogP contribution is 2.60. The van der Waals surface area contributed by atoms with Crippen molar-refractivity contribution in [2.24, 2.45) is 23.7 Å². The molecule has 0 aromatic rings. The van der Waals surface area contributed by atoms with Gasteiger partial charge in [-0.2, -0.15) is 0 Å². The first-order chi connectivity index (χ1) is 7.61. The van der Waals surface area contributed by atoms with Crippen molar-refractivity contribution in [2.75, 3.05) is 0 Å². The summed E-state index contributed by atoms with van der Waals surface area (Å²) in [6.07, 6.45) is 3.11. The number of fused-ring (bicyclic) bond motifs is 5. The Balaban J connectivity index is 2.04. The fourth-order valence-electron chi connectivity index (χ4n) is 4.34. The van der Waals surface area contributed by atoms with Crippen LogP contribution in [0, 0.1) is 23.7 Å². The van der Waals surface area contributed by atoms with Crippen LogP contribution < -0.4 is 0 Å². The first kappa shape index (κ1) is 10.8. The van der Waals surface area contributed by atoms with E-state index in [9.17, 15) is 9.90 Å². The van der Waals surface area contributed by atoms with Gasteiger partial charge in [-0.3, -0.25) is 4.79 Å². The van der Waals surface area contributed by atoms with E-state index in [4.69, 9.17) is 11.6 Å². The Bertz CT molecular complexity index is 370. The summed E-state index contributed by atoms with van der Waals surface area (Å²) in [6.45, 7) is 1.93. The number of carbonyl (C=O) groups excluding carboxylic acids is 1. The molecule has 2 nitrogen and oxygen atoms in total. The van der Waals surface area contributed by atoms with Gasteiger partial charge in [-0.15, -0.1) is 0 Å². The van der Waals surface area contributed by atoms with Gasteiger partial charge in [0, 0.05) is 23.3 Å². The Labute approximate surface area is 101 Å². The number of aliphatic hydroxyl groups excluding tert-OH is 1. The zero-order valence-corrected chi connectivity index (χ0v) is 10.2. The van der Waals surface area contributed by atoms with Gasteiger partial charge in [0.15, 0.2) is 0 Å². The van der Waals surface area contributed by atoms with Crippen LogP contribution in [0.5, 0.6) is 0 Å². The Hall–Kier alpha value is -0.340. The monoisotopic (exact) mass is 240 g/mol. The summed E-state index contributed by atoms with van der Waals surface area (Å²) >= 11 is 6.16. The molecule has 0 spiro atoms. The van der Waals surface area contributed by atoms with E-state index in [1.165, 1.54) is 5.57 Å². The Morgan fingerprint density at radius 1 is 1.31 bits per heavy atom. The number of hydrogen-bond acceptors (Lipinski definition) is 2. The number of carbonyl (C=O) groups is 1. The quantitative estimate of drug-likeness (QED) is 0.707. The van der Waals surface area contributed by atoms with Crippen molar-refractivity contribution < 1.29 is 9.90 Å². The molecule has 0 aliphatic heterocycles. The van der Waals surface area contributed by atoms with Crippen LogP contribution in [-0.4, -0.2) is 17.0 Å². The summed E-state index contributed by atoms with van der Waals surface area (Å²) in [5.74, 6) is 1.33. The minimum atomic E-state index is -0.288. The summed E-state index contributed by atoms with van der Waals surface area (Å²) in [5.41, 5.74) is 1.28. The predicted octanol–water partition coefficient (Wildman–Crippen LogP) is 2.50.